The summed E-state index contributed by atoms with van der Waals surface area (Å²) in [5.74, 6) is 0.304. The average molecular weight is 155 g/mol. The van der Waals surface area contributed by atoms with Crippen molar-refractivity contribution >= 4 is 5.78 Å². The fraction of sp³-hybridized carbons (Fsp3) is 0.667. The monoisotopic (exact) mass is 155 g/mol. The Morgan fingerprint density at radius 2 is 2.00 bits per heavy atom. The highest BCUT2D eigenvalue weighted by atomic mass is 16.1. The van der Waals surface area contributed by atoms with Crippen LogP contribution >= 0.6 is 0 Å². The van der Waals surface area contributed by atoms with Crippen molar-refractivity contribution < 1.29 is 4.79 Å². The molecule has 0 amide bonds. The topological polar surface area (TPSA) is 43.1 Å². The molecule has 0 heterocycles. The molecule has 2 heteroatoms. The van der Waals surface area contributed by atoms with Crippen LogP contribution in [0.1, 0.15) is 32.6 Å². The number of carbonyl (C=O) groups excluding carboxylic acids is 1. The van der Waals surface area contributed by atoms with Gasteiger partial charge in [-0.25, -0.2) is 0 Å². The van der Waals surface area contributed by atoms with Crippen molar-refractivity contribution in [1.82, 2.24) is 0 Å². The van der Waals surface area contributed by atoms with Crippen LogP contribution in [-0.2, 0) is 4.79 Å². The van der Waals surface area contributed by atoms with Crippen LogP contribution in [0.15, 0.2) is 12.2 Å². The number of rotatable bonds is 6. The molecule has 0 fully saturated rings. The Morgan fingerprint density at radius 1 is 1.36 bits per heavy atom. The predicted molar refractivity (Wildman–Crippen MR) is 47.3 cm³/mol. The number of hydrogen-bond donors (Lipinski definition) is 1. The maximum absolute atomic E-state index is 11.0. The summed E-state index contributed by atoms with van der Waals surface area (Å²) in [7, 11) is 0. The molecule has 0 spiro atoms. The second-order valence-corrected chi connectivity index (χ2v) is 2.89. The average Bonchev–Trinajstić information content (AvgIpc) is 1.97. The zero-order valence-corrected chi connectivity index (χ0v) is 7.23. The minimum absolute atomic E-state index is 0.304. The third-order valence-corrected chi connectivity index (χ3v) is 1.49. The molecule has 0 aliphatic rings. The molecule has 0 radical (unpaired) electrons. The molecule has 11 heavy (non-hydrogen) atoms. The van der Waals surface area contributed by atoms with Gasteiger partial charge < -0.3 is 5.73 Å². The number of hydrogen-bond acceptors (Lipinski definition) is 2. The minimum Gasteiger partial charge on any atom is -0.330 e. The Labute approximate surface area is 68.5 Å². The van der Waals surface area contributed by atoms with E-state index in [-0.39, 0.29) is 0 Å². The van der Waals surface area contributed by atoms with Crippen molar-refractivity contribution in [2.75, 3.05) is 6.54 Å². The fourth-order valence-electron chi connectivity index (χ4n) is 0.777. The van der Waals surface area contributed by atoms with E-state index >= 15 is 0 Å². The third-order valence-electron chi connectivity index (χ3n) is 1.49. The Kier molecular flexibility index (Phi) is 5.75. The van der Waals surface area contributed by atoms with Gasteiger partial charge in [-0.05, 0) is 26.3 Å². The first kappa shape index (κ1) is 10.4. The molecule has 2 N–H and O–H groups in total. The highest BCUT2D eigenvalue weighted by Crippen LogP contribution is 2.03. The van der Waals surface area contributed by atoms with Crippen molar-refractivity contribution in [2.45, 2.75) is 32.6 Å². The largest absolute Gasteiger partial charge is 0.330 e. The Morgan fingerprint density at radius 3 is 2.45 bits per heavy atom. The van der Waals surface area contributed by atoms with Crippen LogP contribution in [0.4, 0.5) is 0 Å². The molecule has 0 saturated carbocycles. The van der Waals surface area contributed by atoms with Crippen LogP contribution in [0.5, 0.6) is 0 Å². The van der Waals surface area contributed by atoms with Crippen LogP contribution in [-0.4, -0.2) is 12.3 Å². The van der Waals surface area contributed by atoms with Gasteiger partial charge in [0.25, 0.3) is 0 Å². The molecule has 0 aromatic carbocycles. The van der Waals surface area contributed by atoms with Gasteiger partial charge in [0.05, 0.1) is 0 Å². The van der Waals surface area contributed by atoms with Crippen LogP contribution in [0.25, 0.3) is 0 Å². The van der Waals surface area contributed by atoms with E-state index in [1.807, 2.05) is 6.92 Å². The van der Waals surface area contributed by atoms with Gasteiger partial charge in [-0.3, -0.25) is 4.79 Å². The van der Waals surface area contributed by atoms with Crippen molar-refractivity contribution in [3.63, 3.8) is 0 Å². The Bertz CT molecular complexity index is 140. The molecule has 2 nitrogen and oxygen atoms in total. The SMILES string of the molecule is C=C(C)CCC(=O)CCCN. The number of nitrogens with two attached hydrogens (primary N) is 1. The molecule has 0 aromatic rings. The van der Waals surface area contributed by atoms with Gasteiger partial charge >= 0.3 is 0 Å². The number of carbonyl (C=O) groups is 1. The van der Waals surface area contributed by atoms with E-state index in [0.29, 0.717) is 25.2 Å². The summed E-state index contributed by atoms with van der Waals surface area (Å²) in [5, 5.41) is 0. The molecule has 0 aliphatic carbocycles. The maximum atomic E-state index is 11.0. The van der Waals surface area contributed by atoms with Crippen LogP contribution < -0.4 is 5.73 Å². The molecular weight excluding hydrogens is 138 g/mol. The van der Waals surface area contributed by atoms with E-state index in [9.17, 15) is 4.79 Å². The Hall–Kier alpha value is -0.630. The molecular formula is C9H17NO. The molecule has 0 rings (SSSR count). The Balaban J connectivity index is 3.30. The van der Waals surface area contributed by atoms with Crippen LogP contribution in [0, 0.1) is 0 Å². The minimum atomic E-state index is 0.304. The number of Topliss-reactive ketones (excluding diaryl/α,β-unsaturated/α-hetero) is 1. The molecule has 0 saturated heterocycles. The number of allylic oxidation sites excluding steroid dienone is 1. The molecule has 0 aliphatic heterocycles. The van der Waals surface area contributed by atoms with E-state index in [0.717, 1.165) is 18.4 Å². The predicted octanol–water partition coefficient (Wildman–Crippen LogP) is 1.65. The smallest absolute Gasteiger partial charge is 0.133 e. The van der Waals surface area contributed by atoms with Gasteiger partial charge in [0.1, 0.15) is 5.78 Å². The highest BCUT2D eigenvalue weighted by molar-refractivity contribution is 5.78. The van der Waals surface area contributed by atoms with Crippen molar-refractivity contribution in [1.29, 1.82) is 0 Å². The van der Waals surface area contributed by atoms with Crippen LogP contribution in [0.2, 0.25) is 0 Å². The summed E-state index contributed by atoms with van der Waals surface area (Å²) >= 11 is 0. The maximum Gasteiger partial charge on any atom is 0.133 e. The van der Waals surface area contributed by atoms with Crippen LogP contribution in [0.3, 0.4) is 0 Å². The molecule has 0 aromatic heterocycles. The van der Waals surface area contributed by atoms with E-state index in [4.69, 9.17) is 5.73 Å². The van der Waals surface area contributed by atoms with Gasteiger partial charge in [0.2, 0.25) is 0 Å². The van der Waals surface area contributed by atoms with E-state index in [1.165, 1.54) is 0 Å². The number of ketones is 1. The quantitative estimate of drug-likeness (QED) is 0.593. The van der Waals surface area contributed by atoms with Crippen molar-refractivity contribution in [2.24, 2.45) is 5.73 Å². The molecule has 0 bridgehead atoms. The third kappa shape index (κ3) is 7.26. The second kappa shape index (κ2) is 6.10. The molecule has 64 valence electrons. The summed E-state index contributed by atoms with van der Waals surface area (Å²) in [6.07, 6.45) is 2.90. The first-order chi connectivity index (χ1) is 5.16. The highest BCUT2D eigenvalue weighted by Gasteiger charge is 1.99. The van der Waals surface area contributed by atoms with Gasteiger partial charge in [-0.2, -0.15) is 0 Å². The lowest BCUT2D eigenvalue weighted by Crippen LogP contribution is -2.04. The summed E-state index contributed by atoms with van der Waals surface area (Å²) in [6.45, 7) is 6.28. The van der Waals surface area contributed by atoms with Gasteiger partial charge in [-0.1, -0.05) is 5.57 Å². The van der Waals surface area contributed by atoms with Crippen molar-refractivity contribution in [3.05, 3.63) is 12.2 Å². The first-order valence-corrected chi connectivity index (χ1v) is 4.03. The normalized spacial score (nSPS) is 9.64. The van der Waals surface area contributed by atoms with Gasteiger partial charge in [0, 0.05) is 12.8 Å². The summed E-state index contributed by atoms with van der Waals surface area (Å²) < 4.78 is 0. The van der Waals surface area contributed by atoms with E-state index in [2.05, 4.69) is 6.58 Å². The second-order valence-electron chi connectivity index (χ2n) is 2.89. The lowest BCUT2D eigenvalue weighted by Gasteiger charge is -1.98. The molecule has 0 atom stereocenters. The van der Waals surface area contributed by atoms with E-state index in [1.54, 1.807) is 0 Å². The molecule has 0 unspecified atom stereocenters. The zero-order chi connectivity index (χ0) is 8.69. The summed E-state index contributed by atoms with van der Waals surface area (Å²) in [4.78, 5) is 11.0. The van der Waals surface area contributed by atoms with Crippen molar-refractivity contribution in [3.8, 4) is 0 Å². The standard InChI is InChI=1S/C9H17NO/c1-8(2)5-6-9(11)4-3-7-10/h1,3-7,10H2,2H3. The van der Waals surface area contributed by atoms with Gasteiger partial charge in [0.15, 0.2) is 0 Å². The zero-order valence-electron chi connectivity index (χ0n) is 7.23. The lowest BCUT2D eigenvalue weighted by molar-refractivity contribution is -0.119. The fourth-order valence-corrected chi connectivity index (χ4v) is 0.777. The van der Waals surface area contributed by atoms with Gasteiger partial charge in [-0.15, -0.1) is 6.58 Å². The first-order valence-electron chi connectivity index (χ1n) is 4.03. The summed E-state index contributed by atoms with van der Waals surface area (Å²) in [6, 6.07) is 0. The summed E-state index contributed by atoms with van der Waals surface area (Å²) in [5.41, 5.74) is 6.34. The lowest BCUT2D eigenvalue weighted by atomic mass is 10.1. The van der Waals surface area contributed by atoms with E-state index < -0.39 is 0 Å².